The minimum atomic E-state index is -3.88. The first kappa shape index (κ1) is 28.9. The van der Waals surface area contributed by atoms with Crippen LogP contribution in [0.15, 0.2) is 36.4 Å². The molecule has 1 heterocycles. The van der Waals surface area contributed by atoms with Gasteiger partial charge >= 0.3 is 0 Å². The van der Waals surface area contributed by atoms with Gasteiger partial charge in [0.05, 0.1) is 11.4 Å². The topological polar surface area (TPSA) is 105 Å². The molecule has 0 unspecified atom stereocenters. The molecule has 1 aliphatic rings. The van der Waals surface area contributed by atoms with Gasteiger partial charge in [0, 0.05) is 34.8 Å². The lowest BCUT2D eigenvalue weighted by Crippen LogP contribution is -2.51. The summed E-state index contributed by atoms with van der Waals surface area (Å²) in [6.07, 6.45) is 0.718. The Bertz CT molecular complexity index is 1220. The van der Waals surface area contributed by atoms with Crippen molar-refractivity contribution >= 4 is 50.7 Å². The average molecular weight is 573 g/mol. The normalized spacial score (nSPS) is 13.5. The van der Waals surface area contributed by atoms with Crippen molar-refractivity contribution in [3.8, 4) is 11.5 Å². The van der Waals surface area contributed by atoms with Crippen LogP contribution in [0.1, 0.15) is 32.8 Å². The van der Waals surface area contributed by atoms with Crippen molar-refractivity contribution in [3.63, 3.8) is 0 Å². The van der Waals surface area contributed by atoms with Gasteiger partial charge in [0.1, 0.15) is 25.8 Å². The van der Waals surface area contributed by atoms with E-state index in [1.807, 2.05) is 6.92 Å². The minimum Gasteiger partial charge on any atom is -0.486 e. The number of amides is 2. The molecule has 9 nitrogen and oxygen atoms in total. The molecular weight excluding hydrogens is 541 g/mol. The van der Waals surface area contributed by atoms with Crippen LogP contribution in [0, 0.1) is 0 Å². The highest BCUT2D eigenvalue weighted by Crippen LogP contribution is 2.35. The van der Waals surface area contributed by atoms with Crippen molar-refractivity contribution in [1.29, 1.82) is 0 Å². The molecule has 0 saturated heterocycles. The zero-order chi connectivity index (χ0) is 27.2. The van der Waals surface area contributed by atoms with Crippen LogP contribution in [0.3, 0.4) is 0 Å². The first-order valence-corrected chi connectivity index (χ1v) is 14.4. The Morgan fingerprint density at radius 3 is 2.32 bits per heavy atom. The molecule has 0 saturated carbocycles. The largest absolute Gasteiger partial charge is 0.486 e. The van der Waals surface area contributed by atoms with E-state index in [2.05, 4.69) is 5.32 Å². The van der Waals surface area contributed by atoms with Crippen molar-refractivity contribution < 1.29 is 27.5 Å². The summed E-state index contributed by atoms with van der Waals surface area (Å²) in [6, 6.07) is 8.72. The number of rotatable bonds is 11. The van der Waals surface area contributed by atoms with Gasteiger partial charge in [-0.1, -0.05) is 36.2 Å². The van der Waals surface area contributed by atoms with E-state index >= 15 is 0 Å². The quantitative estimate of drug-likeness (QED) is 0.439. The molecule has 0 bridgehead atoms. The van der Waals surface area contributed by atoms with Gasteiger partial charge in [-0.3, -0.25) is 13.9 Å². The maximum atomic E-state index is 13.7. The first-order chi connectivity index (χ1) is 17.6. The van der Waals surface area contributed by atoms with Gasteiger partial charge in [0.25, 0.3) is 0 Å². The molecule has 12 heteroatoms. The number of hydrogen-bond donors (Lipinski definition) is 1. The summed E-state index contributed by atoms with van der Waals surface area (Å²) in [6.45, 7) is 5.52. The monoisotopic (exact) mass is 571 g/mol. The lowest BCUT2D eigenvalue weighted by Gasteiger charge is -2.32. The van der Waals surface area contributed by atoms with Crippen molar-refractivity contribution in [2.75, 3.05) is 36.4 Å². The number of halogens is 2. The Morgan fingerprint density at radius 2 is 1.70 bits per heavy atom. The minimum absolute atomic E-state index is 0.0841. The van der Waals surface area contributed by atoms with Crippen LogP contribution in [0.2, 0.25) is 10.0 Å². The van der Waals surface area contributed by atoms with Crippen molar-refractivity contribution in [3.05, 3.63) is 52.0 Å². The predicted octanol–water partition coefficient (Wildman–Crippen LogP) is 3.86. The van der Waals surface area contributed by atoms with Crippen LogP contribution in [-0.2, 0) is 26.2 Å². The molecule has 2 aromatic carbocycles. The third-order valence-electron chi connectivity index (χ3n) is 5.90. The highest BCUT2D eigenvalue weighted by atomic mass is 35.5. The molecule has 2 amide bonds. The number of nitrogens with one attached hydrogen (secondary N) is 1. The van der Waals surface area contributed by atoms with E-state index in [1.165, 1.54) is 17.9 Å². The number of carbonyl (C=O) groups excluding carboxylic acids is 2. The average Bonchev–Trinajstić information content (AvgIpc) is 2.89. The molecule has 3 rings (SSSR count). The molecule has 1 N–H and O–H groups in total. The number of nitrogens with zero attached hydrogens (tertiary/aromatic N) is 2. The lowest BCUT2D eigenvalue weighted by atomic mass is 10.1. The van der Waals surface area contributed by atoms with E-state index in [0.29, 0.717) is 46.9 Å². The molecule has 1 atom stereocenters. The third kappa shape index (κ3) is 7.00. The Labute approximate surface area is 227 Å². The number of ether oxygens (including phenoxy) is 2. The maximum Gasteiger partial charge on any atom is 0.244 e. The number of hydrogen-bond acceptors (Lipinski definition) is 6. The zero-order valence-corrected chi connectivity index (χ0v) is 23.3. The van der Waals surface area contributed by atoms with Gasteiger partial charge in [-0.05, 0) is 44.5 Å². The molecule has 0 fully saturated rings. The molecule has 0 radical (unpaired) electrons. The van der Waals surface area contributed by atoms with Gasteiger partial charge in [0.2, 0.25) is 21.8 Å². The van der Waals surface area contributed by atoms with Crippen LogP contribution in [0.25, 0.3) is 0 Å². The number of anilines is 1. The third-order valence-corrected chi connectivity index (χ3v) is 8.35. The number of sulfonamides is 1. The highest BCUT2D eigenvalue weighted by molar-refractivity contribution is 7.92. The van der Waals surface area contributed by atoms with E-state index in [0.717, 1.165) is 10.7 Å². The number of fused-ring (bicyclic) bond motifs is 1. The number of benzene rings is 2. The standard InChI is InChI=1S/C25H31Cl2N3O6S/c1-4-11-28-25(32)17(3)29(15-19-20(26)7-6-8-21(19)27)24(31)16-30(37(33,34)5-2)18-9-10-22-23(14-18)36-13-12-35-22/h6-10,14,17H,4-5,11-13,15-16H2,1-3H3,(H,28,32)/t17-/m0/s1. The second kappa shape index (κ2) is 12.7. The van der Waals surface area contributed by atoms with E-state index in [9.17, 15) is 18.0 Å². The summed E-state index contributed by atoms with van der Waals surface area (Å²) < 4.78 is 38.4. The molecule has 1 aliphatic heterocycles. The molecule has 0 aromatic heterocycles. The Balaban J connectivity index is 1.98. The fourth-order valence-corrected chi connectivity index (χ4v) is 5.31. The summed E-state index contributed by atoms with van der Waals surface area (Å²) in [5.41, 5.74) is 0.705. The van der Waals surface area contributed by atoms with Gasteiger partial charge < -0.3 is 19.7 Å². The van der Waals surface area contributed by atoms with Gasteiger partial charge in [-0.15, -0.1) is 0 Å². The van der Waals surface area contributed by atoms with Gasteiger partial charge in [-0.25, -0.2) is 8.42 Å². The van der Waals surface area contributed by atoms with Crippen LogP contribution >= 0.6 is 23.2 Å². The molecular formula is C25H31Cl2N3O6S. The zero-order valence-electron chi connectivity index (χ0n) is 21.0. The fourth-order valence-electron chi connectivity index (χ4n) is 3.74. The summed E-state index contributed by atoms with van der Waals surface area (Å²) in [5.74, 6) is -0.326. The maximum absolute atomic E-state index is 13.7. The predicted molar refractivity (Wildman–Crippen MR) is 144 cm³/mol. The first-order valence-electron chi connectivity index (χ1n) is 12.0. The Hall–Kier alpha value is -2.69. The van der Waals surface area contributed by atoms with E-state index in [4.69, 9.17) is 32.7 Å². The fraction of sp³-hybridized carbons (Fsp3) is 0.440. The van der Waals surface area contributed by atoms with Crippen molar-refractivity contribution in [2.24, 2.45) is 0 Å². The Kier molecular flexibility index (Phi) is 9.92. The second-order valence-corrected chi connectivity index (χ2v) is 11.4. The van der Waals surface area contributed by atoms with Gasteiger partial charge in [0.15, 0.2) is 11.5 Å². The summed E-state index contributed by atoms with van der Waals surface area (Å²) in [4.78, 5) is 27.9. The van der Waals surface area contributed by atoms with Crippen LogP contribution in [0.5, 0.6) is 11.5 Å². The summed E-state index contributed by atoms with van der Waals surface area (Å²) in [7, 11) is -3.88. The van der Waals surface area contributed by atoms with E-state index < -0.39 is 28.5 Å². The van der Waals surface area contributed by atoms with Crippen LogP contribution < -0.4 is 19.1 Å². The summed E-state index contributed by atoms with van der Waals surface area (Å²) >= 11 is 12.7. The van der Waals surface area contributed by atoms with Crippen LogP contribution in [0.4, 0.5) is 5.69 Å². The van der Waals surface area contributed by atoms with Crippen molar-refractivity contribution in [1.82, 2.24) is 10.2 Å². The highest BCUT2D eigenvalue weighted by Gasteiger charge is 2.32. The molecule has 37 heavy (non-hydrogen) atoms. The SMILES string of the molecule is CCCNC(=O)[C@H](C)N(Cc1c(Cl)cccc1Cl)C(=O)CN(c1ccc2c(c1)OCCO2)S(=O)(=O)CC. The second-order valence-electron chi connectivity index (χ2n) is 8.42. The molecule has 202 valence electrons. The Morgan fingerprint density at radius 1 is 1.05 bits per heavy atom. The molecule has 0 spiro atoms. The van der Waals surface area contributed by atoms with Crippen LogP contribution in [-0.4, -0.2) is 63.2 Å². The van der Waals surface area contributed by atoms with Gasteiger partial charge in [-0.2, -0.15) is 0 Å². The van der Waals surface area contributed by atoms with E-state index in [1.54, 1.807) is 37.3 Å². The lowest BCUT2D eigenvalue weighted by molar-refractivity contribution is -0.139. The van der Waals surface area contributed by atoms with E-state index in [-0.39, 0.29) is 23.9 Å². The molecule has 0 aliphatic carbocycles. The summed E-state index contributed by atoms with van der Waals surface area (Å²) in [5, 5.41) is 3.44. The smallest absolute Gasteiger partial charge is 0.244 e. The molecule has 2 aromatic rings. The van der Waals surface area contributed by atoms with Crippen molar-refractivity contribution in [2.45, 2.75) is 39.8 Å². The number of carbonyl (C=O) groups is 2.